The van der Waals surface area contributed by atoms with Gasteiger partial charge in [0.1, 0.15) is 13.2 Å². The number of ether oxygens (including phenoxy) is 3. The molecule has 0 fully saturated rings. The summed E-state index contributed by atoms with van der Waals surface area (Å²) in [7, 11) is 0. The number of hydrogen-bond acceptors (Lipinski definition) is 6. The first-order valence-corrected chi connectivity index (χ1v) is 24.0. The molecular formula is C52H88O6. The number of esters is 3. The molecule has 0 heterocycles. The molecule has 0 rings (SSSR count). The highest BCUT2D eigenvalue weighted by Gasteiger charge is 2.19. The minimum Gasteiger partial charge on any atom is -0.462 e. The van der Waals surface area contributed by atoms with Gasteiger partial charge in [-0.05, 0) is 83.5 Å². The Morgan fingerprint density at radius 3 is 1.17 bits per heavy atom. The molecule has 0 aromatic carbocycles. The first kappa shape index (κ1) is 54.9. The van der Waals surface area contributed by atoms with Crippen LogP contribution in [0.25, 0.3) is 0 Å². The van der Waals surface area contributed by atoms with Gasteiger partial charge < -0.3 is 14.2 Å². The van der Waals surface area contributed by atoms with Crippen LogP contribution in [-0.2, 0) is 28.6 Å². The van der Waals surface area contributed by atoms with Gasteiger partial charge in [-0.2, -0.15) is 0 Å². The summed E-state index contributed by atoms with van der Waals surface area (Å²) in [5.41, 5.74) is 0. The predicted molar refractivity (Wildman–Crippen MR) is 247 cm³/mol. The van der Waals surface area contributed by atoms with E-state index in [2.05, 4.69) is 93.7 Å². The molecule has 0 aliphatic heterocycles. The fourth-order valence-corrected chi connectivity index (χ4v) is 6.35. The average Bonchev–Trinajstić information content (AvgIpc) is 3.22. The molecule has 0 saturated carbocycles. The van der Waals surface area contributed by atoms with E-state index in [9.17, 15) is 14.4 Å². The van der Waals surface area contributed by atoms with Crippen LogP contribution < -0.4 is 0 Å². The van der Waals surface area contributed by atoms with Crippen LogP contribution in [0.1, 0.15) is 220 Å². The van der Waals surface area contributed by atoms with Crippen LogP contribution in [0.2, 0.25) is 0 Å². The predicted octanol–water partition coefficient (Wildman–Crippen LogP) is 15.5. The Balaban J connectivity index is 4.45. The van der Waals surface area contributed by atoms with E-state index in [1.165, 1.54) is 83.5 Å². The molecular weight excluding hydrogens is 721 g/mol. The van der Waals surface area contributed by atoms with Crippen molar-refractivity contribution in [2.24, 2.45) is 0 Å². The lowest BCUT2D eigenvalue weighted by Gasteiger charge is -2.18. The van der Waals surface area contributed by atoms with Crippen LogP contribution in [0.3, 0.4) is 0 Å². The minimum absolute atomic E-state index is 0.0969. The smallest absolute Gasteiger partial charge is 0.306 e. The average molecular weight is 809 g/mol. The summed E-state index contributed by atoms with van der Waals surface area (Å²) in [4.78, 5) is 37.8. The summed E-state index contributed by atoms with van der Waals surface area (Å²) in [6, 6.07) is 0. The van der Waals surface area contributed by atoms with Crippen LogP contribution >= 0.6 is 0 Å². The highest BCUT2D eigenvalue weighted by Crippen LogP contribution is 2.13. The number of carbonyl (C=O) groups is 3. The van der Waals surface area contributed by atoms with Crippen molar-refractivity contribution in [2.75, 3.05) is 13.2 Å². The Morgan fingerprint density at radius 2 is 0.707 bits per heavy atom. The van der Waals surface area contributed by atoms with E-state index in [0.717, 1.165) is 96.3 Å². The summed E-state index contributed by atoms with van der Waals surface area (Å²) in [5, 5.41) is 0. The summed E-state index contributed by atoms with van der Waals surface area (Å²) in [6.07, 6.45) is 57.4. The topological polar surface area (TPSA) is 78.9 Å². The van der Waals surface area contributed by atoms with Crippen molar-refractivity contribution in [3.8, 4) is 0 Å². The molecule has 0 aromatic rings. The molecule has 6 heteroatoms. The molecule has 332 valence electrons. The maximum Gasteiger partial charge on any atom is 0.306 e. The van der Waals surface area contributed by atoms with Crippen molar-refractivity contribution < 1.29 is 28.6 Å². The zero-order valence-corrected chi connectivity index (χ0v) is 37.8. The normalized spacial score (nSPS) is 12.7. The number of hydrogen-bond donors (Lipinski definition) is 0. The van der Waals surface area contributed by atoms with E-state index >= 15 is 0 Å². The van der Waals surface area contributed by atoms with Crippen molar-refractivity contribution in [2.45, 2.75) is 226 Å². The number of unbranched alkanes of at least 4 members (excludes halogenated alkanes) is 22. The molecule has 6 nitrogen and oxygen atoms in total. The second kappa shape index (κ2) is 46.5. The van der Waals surface area contributed by atoms with Crippen molar-refractivity contribution in [1.29, 1.82) is 0 Å². The van der Waals surface area contributed by atoms with Gasteiger partial charge >= 0.3 is 17.9 Å². The summed E-state index contributed by atoms with van der Waals surface area (Å²) >= 11 is 0. The van der Waals surface area contributed by atoms with Crippen LogP contribution in [0.4, 0.5) is 0 Å². The van der Waals surface area contributed by atoms with Gasteiger partial charge in [-0.15, -0.1) is 0 Å². The molecule has 0 amide bonds. The Hall–Kier alpha value is -3.15. The lowest BCUT2D eigenvalue weighted by atomic mass is 10.1. The highest BCUT2D eigenvalue weighted by molar-refractivity contribution is 5.71. The second-order valence-electron chi connectivity index (χ2n) is 15.7. The van der Waals surface area contributed by atoms with Gasteiger partial charge in [0.15, 0.2) is 6.10 Å². The number of rotatable bonds is 42. The van der Waals surface area contributed by atoms with Crippen LogP contribution in [0.15, 0.2) is 72.9 Å². The van der Waals surface area contributed by atoms with E-state index < -0.39 is 6.10 Å². The molecule has 0 aromatic heterocycles. The Kier molecular flexibility index (Phi) is 44.0. The Morgan fingerprint density at radius 1 is 0.362 bits per heavy atom. The molecule has 0 N–H and O–H groups in total. The third-order valence-corrected chi connectivity index (χ3v) is 10.0. The maximum absolute atomic E-state index is 12.7. The van der Waals surface area contributed by atoms with Gasteiger partial charge in [0.05, 0.1) is 0 Å². The molecule has 0 spiro atoms. The van der Waals surface area contributed by atoms with Crippen molar-refractivity contribution in [3.63, 3.8) is 0 Å². The van der Waals surface area contributed by atoms with Crippen molar-refractivity contribution >= 4 is 17.9 Å². The monoisotopic (exact) mass is 809 g/mol. The molecule has 58 heavy (non-hydrogen) atoms. The highest BCUT2D eigenvalue weighted by atomic mass is 16.6. The SMILES string of the molecule is CC\C=C/C=C\C=C/CCCCCCCCCC(=O)OCC(COC(=O)CCCCC/C=C\C=C/CCCC)OC(=O)CCCCC/C=C\CCCCCCCCC. The molecule has 1 unspecified atom stereocenters. The quantitative estimate of drug-likeness (QED) is 0.0201. The zero-order chi connectivity index (χ0) is 42.3. The van der Waals surface area contributed by atoms with E-state index in [1.807, 2.05) is 0 Å². The molecule has 1 atom stereocenters. The Bertz CT molecular complexity index is 1110. The number of carbonyl (C=O) groups excluding carboxylic acids is 3. The van der Waals surface area contributed by atoms with E-state index in [0.29, 0.717) is 19.3 Å². The first-order valence-electron chi connectivity index (χ1n) is 24.0. The molecule has 0 saturated heterocycles. The van der Waals surface area contributed by atoms with Crippen LogP contribution in [0.5, 0.6) is 0 Å². The minimum atomic E-state index is -0.797. The van der Waals surface area contributed by atoms with Crippen LogP contribution in [-0.4, -0.2) is 37.2 Å². The van der Waals surface area contributed by atoms with Crippen LogP contribution in [0, 0.1) is 0 Å². The van der Waals surface area contributed by atoms with Crippen molar-refractivity contribution in [3.05, 3.63) is 72.9 Å². The number of allylic oxidation sites excluding steroid dienone is 12. The molecule has 0 bridgehead atoms. The van der Waals surface area contributed by atoms with Crippen molar-refractivity contribution in [1.82, 2.24) is 0 Å². The molecule has 0 aliphatic rings. The largest absolute Gasteiger partial charge is 0.462 e. The third-order valence-electron chi connectivity index (χ3n) is 10.0. The standard InChI is InChI=1S/C52H88O6/c1-4-7-10-13-16-19-22-24-26-28-30-33-36-39-42-45-51(54)57-48-49(47-56-50(53)44-41-38-35-32-29-21-18-15-12-9-6-3)58-52(55)46-43-40-37-34-31-27-25-23-20-17-14-11-8-5-2/h7,10,13,15-16,18-19,21-22,27,29,31,49H,4-6,8-9,11-12,14,17,20,23-26,28,30,32-48H2,1-3H3/b10-7-,16-13-,18-15-,22-19-,29-21-,31-27-. The van der Waals surface area contributed by atoms with Gasteiger partial charge in [0.2, 0.25) is 0 Å². The van der Waals surface area contributed by atoms with E-state index in [1.54, 1.807) is 0 Å². The van der Waals surface area contributed by atoms with Gasteiger partial charge in [-0.3, -0.25) is 14.4 Å². The molecule has 0 radical (unpaired) electrons. The van der Waals surface area contributed by atoms with Gasteiger partial charge in [0, 0.05) is 19.3 Å². The van der Waals surface area contributed by atoms with Gasteiger partial charge in [-0.1, -0.05) is 190 Å². The molecule has 0 aliphatic carbocycles. The van der Waals surface area contributed by atoms with E-state index in [4.69, 9.17) is 14.2 Å². The summed E-state index contributed by atoms with van der Waals surface area (Å²) < 4.78 is 16.7. The fourth-order valence-electron chi connectivity index (χ4n) is 6.35. The lowest BCUT2D eigenvalue weighted by molar-refractivity contribution is -0.167. The Labute approximate surface area is 357 Å². The summed E-state index contributed by atoms with van der Waals surface area (Å²) in [6.45, 7) is 6.39. The maximum atomic E-state index is 12.7. The fraction of sp³-hybridized carbons (Fsp3) is 0.712. The third kappa shape index (κ3) is 44.0. The summed E-state index contributed by atoms with van der Waals surface area (Å²) in [5.74, 6) is -0.956. The second-order valence-corrected chi connectivity index (χ2v) is 15.7. The van der Waals surface area contributed by atoms with Gasteiger partial charge in [-0.25, -0.2) is 0 Å². The zero-order valence-electron chi connectivity index (χ0n) is 37.8. The lowest BCUT2D eigenvalue weighted by Crippen LogP contribution is -2.30. The van der Waals surface area contributed by atoms with E-state index in [-0.39, 0.29) is 31.1 Å². The van der Waals surface area contributed by atoms with Gasteiger partial charge in [0.25, 0.3) is 0 Å². The first-order chi connectivity index (χ1) is 28.5.